The maximum Gasteiger partial charge on any atom is 0.416 e. The second kappa shape index (κ2) is 8.23. The first-order chi connectivity index (χ1) is 14.7. The van der Waals surface area contributed by atoms with Crippen LogP contribution in [0, 0.1) is 5.82 Å². The predicted octanol–water partition coefficient (Wildman–Crippen LogP) is 3.84. The van der Waals surface area contributed by atoms with Gasteiger partial charge in [0.1, 0.15) is 5.82 Å². The molecule has 11 heteroatoms. The van der Waals surface area contributed by atoms with Crippen molar-refractivity contribution in [3.8, 4) is 10.6 Å². The molecule has 1 unspecified atom stereocenters. The summed E-state index contributed by atoms with van der Waals surface area (Å²) < 4.78 is 52.3. The molecule has 0 aliphatic carbocycles. The number of rotatable bonds is 6. The monoisotopic (exact) mass is 451 g/mol. The van der Waals surface area contributed by atoms with E-state index in [4.69, 9.17) is 5.73 Å². The van der Waals surface area contributed by atoms with E-state index in [2.05, 4.69) is 20.8 Å². The summed E-state index contributed by atoms with van der Waals surface area (Å²) in [5.74, 6) is -0.698. The zero-order valence-electron chi connectivity index (χ0n) is 16.0. The van der Waals surface area contributed by atoms with E-state index in [-0.39, 0.29) is 23.9 Å². The minimum absolute atomic E-state index is 0.186. The summed E-state index contributed by atoms with van der Waals surface area (Å²) in [5.41, 5.74) is 7.46. The third-order valence-electron chi connectivity index (χ3n) is 4.77. The SMILES string of the molecule is NC(CNc1nnc(-c2cc3c(cc2F)NC(=O)C3)s1)Cc1ccc(C(F)(F)F)cc1. The Bertz CT molecular complexity index is 1110. The molecule has 3 aromatic rings. The van der Waals surface area contributed by atoms with Crippen LogP contribution in [0.1, 0.15) is 16.7 Å². The van der Waals surface area contributed by atoms with Crippen molar-refractivity contribution in [3.05, 3.63) is 58.9 Å². The minimum Gasteiger partial charge on any atom is -0.359 e. The van der Waals surface area contributed by atoms with Gasteiger partial charge in [-0.15, -0.1) is 10.2 Å². The van der Waals surface area contributed by atoms with Gasteiger partial charge in [0.2, 0.25) is 11.0 Å². The van der Waals surface area contributed by atoms with Crippen LogP contribution >= 0.6 is 11.3 Å². The second-order valence-electron chi connectivity index (χ2n) is 7.17. The van der Waals surface area contributed by atoms with Gasteiger partial charge >= 0.3 is 6.18 Å². The van der Waals surface area contributed by atoms with Crippen molar-refractivity contribution in [1.29, 1.82) is 0 Å². The Labute approximate surface area is 178 Å². The van der Waals surface area contributed by atoms with Gasteiger partial charge in [0.25, 0.3) is 0 Å². The minimum atomic E-state index is -4.37. The number of alkyl halides is 3. The number of benzene rings is 2. The van der Waals surface area contributed by atoms with Gasteiger partial charge in [-0.25, -0.2) is 4.39 Å². The zero-order valence-corrected chi connectivity index (χ0v) is 16.8. The number of nitrogens with two attached hydrogens (primary N) is 1. The van der Waals surface area contributed by atoms with Crippen molar-refractivity contribution in [1.82, 2.24) is 10.2 Å². The molecule has 0 radical (unpaired) electrons. The number of anilines is 2. The number of halogens is 4. The molecular weight excluding hydrogens is 434 g/mol. The maximum atomic E-state index is 14.4. The number of hydrogen-bond acceptors (Lipinski definition) is 6. The van der Waals surface area contributed by atoms with Gasteiger partial charge in [0.15, 0.2) is 5.01 Å². The Hall–Kier alpha value is -3.05. The van der Waals surface area contributed by atoms with E-state index in [1.165, 1.54) is 18.2 Å². The summed E-state index contributed by atoms with van der Waals surface area (Å²) in [6.45, 7) is 0.306. The summed E-state index contributed by atoms with van der Waals surface area (Å²) >= 11 is 1.14. The standard InChI is InChI=1S/C20H17F4N5OS/c21-15-8-16-11(7-17(30)27-16)6-14(15)18-28-29-19(31-18)26-9-13(25)5-10-1-3-12(4-2-10)20(22,23)24/h1-4,6,8,13H,5,7,9,25H2,(H,26,29)(H,27,30). The molecule has 162 valence electrons. The number of amides is 1. The van der Waals surface area contributed by atoms with E-state index in [9.17, 15) is 22.4 Å². The molecule has 0 bridgehead atoms. The molecule has 6 nitrogen and oxygen atoms in total. The van der Waals surface area contributed by atoms with Crippen molar-refractivity contribution in [3.63, 3.8) is 0 Å². The summed E-state index contributed by atoms with van der Waals surface area (Å²) in [4.78, 5) is 11.5. The molecule has 1 aromatic heterocycles. The fraction of sp³-hybridized carbons (Fsp3) is 0.250. The van der Waals surface area contributed by atoms with Crippen LogP contribution in [0.15, 0.2) is 36.4 Å². The molecular formula is C20H17F4N5OS. The van der Waals surface area contributed by atoms with Gasteiger partial charge < -0.3 is 16.4 Å². The fourth-order valence-corrected chi connectivity index (χ4v) is 4.01. The van der Waals surface area contributed by atoms with Gasteiger partial charge in [-0.05, 0) is 41.8 Å². The first-order valence-electron chi connectivity index (χ1n) is 9.31. The Morgan fingerprint density at radius 1 is 1.19 bits per heavy atom. The largest absolute Gasteiger partial charge is 0.416 e. The number of fused-ring (bicyclic) bond motifs is 1. The first kappa shape index (κ1) is 21.2. The Morgan fingerprint density at radius 3 is 2.65 bits per heavy atom. The molecule has 2 heterocycles. The highest BCUT2D eigenvalue weighted by atomic mass is 32.1. The van der Waals surface area contributed by atoms with Crippen LogP contribution in [-0.2, 0) is 23.8 Å². The van der Waals surface area contributed by atoms with Crippen LogP contribution in [-0.4, -0.2) is 28.7 Å². The Balaban J connectivity index is 1.36. The van der Waals surface area contributed by atoms with Crippen molar-refractivity contribution < 1.29 is 22.4 Å². The highest BCUT2D eigenvalue weighted by Crippen LogP contribution is 2.34. The molecule has 1 aliphatic rings. The van der Waals surface area contributed by atoms with Crippen LogP contribution in [0.25, 0.3) is 10.6 Å². The van der Waals surface area contributed by atoms with Crippen LogP contribution < -0.4 is 16.4 Å². The lowest BCUT2D eigenvalue weighted by Gasteiger charge is -2.13. The molecule has 4 N–H and O–H groups in total. The molecule has 1 amide bonds. The average Bonchev–Trinajstić information content (AvgIpc) is 3.30. The summed E-state index contributed by atoms with van der Waals surface area (Å²) in [6.07, 6.45) is -3.81. The first-order valence-corrected chi connectivity index (χ1v) is 10.1. The molecule has 1 aliphatic heterocycles. The lowest BCUT2D eigenvalue weighted by molar-refractivity contribution is -0.137. The summed E-state index contributed by atoms with van der Waals surface area (Å²) in [5, 5.41) is 14.4. The molecule has 31 heavy (non-hydrogen) atoms. The number of aromatic nitrogens is 2. The average molecular weight is 451 g/mol. The Kier molecular flexibility index (Phi) is 5.63. The topological polar surface area (TPSA) is 92.9 Å². The van der Waals surface area contributed by atoms with Gasteiger partial charge in [-0.2, -0.15) is 13.2 Å². The Morgan fingerprint density at radius 2 is 1.94 bits per heavy atom. The van der Waals surface area contributed by atoms with Crippen molar-refractivity contribution in [2.45, 2.75) is 25.1 Å². The third-order valence-corrected chi connectivity index (χ3v) is 5.68. The van der Waals surface area contributed by atoms with Crippen LogP contribution in [0.5, 0.6) is 0 Å². The van der Waals surface area contributed by atoms with Gasteiger partial charge in [-0.3, -0.25) is 4.79 Å². The van der Waals surface area contributed by atoms with E-state index in [1.807, 2.05) is 0 Å². The number of carbonyl (C=O) groups is 1. The van der Waals surface area contributed by atoms with Gasteiger partial charge in [0.05, 0.1) is 12.0 Å². The smallest absolute Gasteiger partial charge is 0.359 e. The van der Waals surface area contributed by atoms with E-state index < -0.39 is 17.6 Å². The summed E-state index contributed by atoms with van der Waals surface area (Å²) in [6, 6.07) is 7.34. The quantitative estimate of drug-likeness (QED) is 0.496. The summed E-state index contributed by atoms with van der Waals surface area (Å²) in [7, 11) is 0. The lowest BCUT2D eigenvalue weighted by atomic mass is 10.0. The molecule has 0 spiro atoms. The lowest BCUT2D eigenvalue weighted by Crippen LogP contribution is -2.31. The van der Waals surface area contributed by atoms with Gasteiger partial charge in [0, 0.05) is 23.8 Å². The van der Waals surface area contributed by atoms with E-state index in [0.29, 0.717) is 39.9 Å². The van der Waals surface area contributed by atoms with Crippen molar-refractivity contribution >= 4 is 28.1 Å². The van der Waals surface area contributed by atoms with Crippen LogP contribution in [0.4, 0.5) is 28.4 Å². The number of carbonyl (C=O) groups excluding carboxylic acids is 1. The molecule has 2 aromatic carbocycles. The molecule has 0 fully saturated rings. The highest BCUT2D eigenvalue weighted by Gasteiger charge is 2.30. The molecule has 4 rings (SSSR count). The van der Waals surface area contributed by atoms with Gasteiger partial charge in [-0.1, -0.05) is 23.5 Å². The normalized spacial score (nSPS) is 14.3. The molecule has 1 atom stereocenters. The molecule has 0 saturated heterocycles. The second-order valence-corrected chi connectivity index (χ2v) is 8.14. The fourth-order valence-electron chi connectivity index (χ4n) is 3.24. The number of nitrogens with zero attached hydrogens (tertiary/aromatic N) is 2. The van der Waals surface area contributed by atoms with Crippen LogP contribution in [0.2, 0.25) is 0 Å². The molecule has 0 saturated carbocycles. The number of nitrogens with one attached hydrogen (secondary N) is 2. The van der Waals surface area contributed by atoms with Crippen molar-refractivity contribution in [2.24, 2.45) is 5.73 Å². The third kappa shape index (κ3) is 4.83. The van der Waals surface area contributed by atoms with E-state index in [1.54, 1.807) is 6.07 Å². The highest BCUT2D eigenvalue weighted by molar-refractivity contribution is 7.18. The number of hydrogen-bond donors (Lipinski definition) is 3. The van der Waals surface area contributed by atoms with E-state index in [0.717, 1.165) is 23.5 Å². The predicted molar refractivity (Wildman–Crippen MR) is 109 cm³/mol. The zero-order chi connectivity index (χ0) is 22.2. The van der Waals surface area contributed by atoms with Crippen molar-refractivity contribution in [2.75, 3.05) is 17.2 Å². The maximum absolute atomic E-state index is 14.4. The van der Waals surface area contributed by atoms with E-state index >= 15 is 0 Å². The van der Waals surface area contributed by atoms with Crippen LogP contribution in [0.3, 0.4) is 0 Å².